The Morgan fingerprint density at radius 1 is 1.50 bits per heavy atom. The van der Waals surface area contributed by atoms with Crippen LogP contribution in [0.25, 0.3) is 0 Å². The van der Waals surface area contributed by atoms with E-state index in [1.165, 1.54) is 6.92 Å². The van der Waals surface area contributed by atoms with Crippen LogP contribution in [-0.2, 0) is 14.9 Å². The average Bonchev–Trinajstić information content (AvgIpc) is 2.16. The molecule has 0 saturated carbocycles. The van der Waals surface area contributed by atoms with Crippen LogP contribution in [0.5, 0.6) is 0 Å². The number of carbonyl (C=O) groups excluding carboxylic acids is 1. The Morgan fingerprint density at radius 2 is 2.06 bits per heavy atom. The van der Waals surface area contributed by atoms with Crippen molar-refractivity contribution in [1.29, 1.82) is 0 Å². The number of carbonyl (C=O) groups is 1. The Labute approximate surface area is 96.7 Å². The average molecular weight is 249 g/mol. The predicted molar refractivity (Wildman–Crippen MR) is 62.4 cm³/mol. The van der Waals surface area contributed by atoms with Crippen molar-refractivity contribution >= 4 is 16.0 Å². The van der Waals surface area contributed by atoms with Crippen LogP contribution in [0, 0.1) is 0 Å². The van der Waals surface area contributed by atoms with Crippen molar-refractivity contribution in [2.75, 3.05) is 0 Å². The van der Waals surface area contributed by atoms with E-state index in [1.54, 1.807) is 0 Å². The molecular formula is C10H19NO4S. The van der Waals surface area contributed by atoms with Crippen LogP contribution in [0.2, 0.25) is 0 Å². The SMILES string of the molecule is C=CC(=O)NC(C)(CCCCC)S(=O)(=O)O. The van der Waals surface area contributed by atoms with Gasteiger partial charge in [0.05, 0.1) is 0 Å². The van der Waals surface area contributed by atoms with E-state index in [0.717, 1.165) is 18.9 Å². The summed E-state index contributed by atoms with van der Waals surface area (Å²) in [6.45, 7) is 6.51. The topological polar surface area (TPSA) is 83.5 Å². The maximum Gasteiger partial charge on any atom is 0.288 e. The van der Waals surface area contributed by atoms with Crippen molar-refractivity contribution in [3.8, 4) is 0 Å². The third kappa shape index (κ3) is 4.32. The lowest BCUT2D eigenvalue weighted by atomic mass is 10.1. The number of hydrogen-bond acceptors (Lipinski definition) is 3. The summed E-state index contributed by atoms with van der Waals surface area (Å²) in [4.78, 5) is 9.47. The Bertz CT molecular complexity index is 350. The summed E-state index contributed by atoms with van der Waals surface area (Å²) in [5.41, 5.74) is 0. The lowest BCUT2D eigenvalue weighted by Crippen LogP contribution is -2.51. The summed E-state index contributed by atoms with van der Waals surface area (Å²) in [5, 5.41) is 2.25. The molecule has 0 aliphatic rings. The summed E-state index contributed by atoms with van der Waals surface area (Å²) < 4.78 is 31.5. The summed E-state index contributed by atoms with van der Waals surface area (Å²) in [6, 6.07) is 0. The van der Waals surface area contributed by atoms with Gasteiger partial charge in [0.15, 0.2) is 4.87 Å². The summed E-state index contributed by atoms with van der Waals surface area (Å²) >= 11 is 0. The minimum absolute atomic E-state index is 0.180. The quantitative estimate of drug-likeness (QED) is 0.406. The van der Waals surface area contributed by atoms with Crippen LogP contribution in [0.15, 0.2) is 12.7 Å². The predicted octanol–water partition coefficient (Wildman–Crippen LogP) is 1.47. The molecule has 0 bridgehead atoms. The Hall–Kier alpha value is -0.880. The first kappa shape index (κ1) is 15.1. The van der Waals surface area contributed by atoms with E-state index in [9.17, 15) is 13.2 Å². The first-order valence-electron chi connectivity index (χ1n) is 5.18. The molecule has 5 nitrogen and oxygen atoms in total. The lowest BCUT2D eigenvalue weighted by molar-refractivity contribution is -0.117. The number of rotatable bonds is 7. The Morgan fingerprint density at radius 3 is 2.44 bits per heavy atom. The normalized spacial score (nSPS) is 15.2. The van der Waals surface area contributed by atoms with E-state index in [2.05, 4.69) is 11.9 Å². The van der Waals surface area contributed by atoms with Gasteiger partial charge in [-0.1, -0.05) is 26.3 Å². The van der Waals surface area contributed by atoms with Crippen molar-refractivity contribution in [2.45, 2.75) is 44.4 Å². The van der Waals surface area contributed by atoms with E-state index < -0.39 is 20.9 Å². The molecule has 1 atom stereocenters. The molecule has 0 aromatic rings. The fourth-order valence-electron chi connectivity index (χ4n) is 1.28. The summed E-state index contributed by atoms with van der Waals surface area (Å²) in [6.07, 6.45) is 3.54. The second kappa shape index (κ2) is 6.00. The maximum atomic E-state index is 11.2. The number of amides is 1. The van der Waals surface area contributed by atoms with Crippen LogP contribution < -0.4 is 5.32 Å². The highest BCUT2D eigenvalue weighted by molar-refractivity contribution is 7.87. The minimum atomic E-state index is -4.33. The van der Waals surface area contributed by atoms with Crippen molar-refractivity contribution in [2.24, 2.45) is 0 Å². The second-order valence-electron chi connectivity index (χ2n) is 3.86. The molecule has 0 aliphatic carbocycles. The van der Waals surface area contributed by atoms with Gasteiger partial charge in [-0.2, -0.15) is 8.42 Å². The molecule has 0 fully saturated rings. The maximum absolute atomic E-state index is 11.2. The fourth-order valence-corrected chi connectivity index (χ4v) is 1.91. The smallest absolute Gasteiger partial charge is 0.288 e. The molecule has 1 unspecified atom stereocenters. The zero-order valence-corrected chi connectivity index (χ0v) is 10.5. The first-order valence-corrected chi connectivity index (χ1v) is 6.62. The van der Waals surface area contributed by atoms with Crippen LogP contribution in [0.1, 0.15) is 39.5 Å². The molecule has 94 valence electrons. The highest BCUT2D eigenvalue weighted by Crippen LogP contribution is 2.20. The van der Waals surface area contributed by atoms with E-state index in [4.69, 9.17) is 4.55 Å². The van der Waals surface area contributed by atoms with E-state index in [-0.39, 0.29) is 6.42 Å². The third-order valence-corrected chi connectivity index (χ3v) is 3.84. The van der Waals surface area contributed by atoms with Gasteiger partial charge in [0.2, 0.25) is 5.91 Å². The summed E-state index contributed by atoms with van der Waals surface area (Å²) in [5.74, 6) is -0.614. The van der Waals surface area contributed by atoms with Gasteiger partial charge in [0, 0.05) is 0 Å². The second-order valence-corrected chi connectivity index (χ2v) is 5.71. The molecule has 0 aromatic heterocycles. The molecule has 0 heterocycles. The molecule has 0 radical (unpaired) electrons. The molecular weight excluding hydrogens is 230 g/mol. The van der Waals surface area contributed by atoms with Gasteiger partial charge < -0.3 is 5.32 Å². The third-order valence-electron chi connectivity index (χ3n) is 2.40. The molecule has 16 heavy (non-hydrogen) atoms. The van der Waals surface area contributed by atoms with Gasteiger partial charge in [-0.25, -0.2) is 0 Å². The van der Waals surface area contributed by atoms with Crippen LogP contribution in [0.4, 0.5) is 0 Å². The highest BCUT2D eigenvalue weighted by atomic mass is 32.2. The van der Waals surface area contributed by atoms with Gasteiger partial charge in [0.25, 0.3) is 10.1 Å². The van der Waals surface area contributed by atoms with Crippen LogP contribution >= 0.6 is 0 Å². The molecule has 0 aromatic carbocycles. The standard InChI is InChI=1S/C10H19NO4S/c1-4-6-7-8-10(3,16(13,14)15)11-9(12)5-2/h5H,2,4,6-8H2,1,3H3,(H,11,12)(H,13,14,15). The molecule has 2 N–H and O–H groups in total. The molecule has 0 aliphatic heterocycles. The van der Waals surface area contributed by atoms with Crippen LogP contribution in [-0.4, -0.2) is 23.7 Å². The van der Waals surface area contributed by atoms with Gasteiger partial charge in [0.1, 0.15) is 0 Å². The molecule has 1 amide bonds. The first-order chi connectivity index (χ1) is 7.27. The van der Waals surface area contributed by atoms with E-state index in [1.807, 2.05) is 6.92 Å². The van der Waals surface area contributed by atoms with Crippen LogP contribution in [0.3, 0.4) is 0 Å². The molecule has 0 spiro atoms. The van der Waals surface area contributed by atoms with Crippen molar-refractivity contribution < 1.29 is 17.8 Å². The van der Waals surface area contributed by atoms with E-state index in [0.29, 0.717) is 6.42 Å². The number of nitrogens with one attached hydrogen (secondary N) is 1. The monoisotopic (exact) mass is 249 g/mol. The number of unbranched alkanes of at least 4 members (excludes halogenated alkanes) is 2. The van der Waals surface area contributed by atoms with Gasteiger partial charge >= 0.3 is 0 Å². The fraction of sp³-hybridized carbons (Fsp3) is 0.700. The van der Waals surface area contributed by atoms with Crippen molar-refractivity contribution in [3.05, 3.63) is 12.7 Å². The van der Waals surface area contributed by atoms with E-state index >= 15 is 0 Å². The highest BCUT2D eigenvalue weighted by Gasteiger charge is 2.38. The van der Waals surface area contributed by atoms with Gasteiger partial charge in [-0.05, 0) is 25.8 Å². The van der Waals surface area contributed by atoms with Gasteiger partial charge in [-0.3, -0.25) is 9.35 Å². The Balaban J connectivity index is 4.76. The lowest BCUT2D eigenvalue weighted by Gasteiger charge is -2.26. The van der Waals surface area contributed by atoms with Crippen molar-refractivity contribution in [1.82, 2.24) is 5.32 Å². The summed E-state index contributed by atoms with van der Waals surface area (Å²) in [7, 11) is -4.33. The zero-order valence-electron chi connectivity index (χ0n) is 9.69. The molecule has 0 rings (SSSR count). The van der Waals surface area contributed by atoms with Crippen molar-refractivity contribution in [3.63, 3.8) is 0 Å². The Kier molecular flexibility index (Phi) is 5.67. The van der Waals surface area contributed by atoms with Gasteiger partial charge in [-0.15, -0.1) is 0 Å². The molecule has 0 saturated heterocycles. The largest absolute Gasteiger partial charge is 0.332 e. The minimum Gasteiger partial charge on any atom is -0.332 e. The zero-order chi connectivity index (χ0) is 12.8. The molecule has 6 heteroatoms. The number of hydrogen-bond donors (Lipinski definition) is 2.